The molecular formula is C17H30O2. The normalized spacial score (nSPS) is 37.2. The molecule has 1 heterocycles. The first-order valence-corrected chi connectivity index (χ1v) is 7.99. The Labute approximate surface area is 118 Å². The van der Waals surface area contributed by atoms with Crippen LogP contribution in [0.2, 0.25) is 0 Å². The highest BCUT2D eigenvalue weighted by atomic mass is 16.5. The number of ketones is 1. The first-order valence-electron chi connectivity index (χ1n) is 7.99. The van der Waals surface area contributed by atoms with Crippen molar-refractivity contribution >= 4 is 5.78 Å². The molecule has 1 saturated carbocycles. The molecule has 19 heavy (non-hydrogen) atoms. The predicted octanol–water partition coefficient (Wildman–Crippen LogP) is 4.37. The number of ether oxygens (including phenoxy) is 1. The molecule has 2 rings (SSSR count). The summed E-state index contributed by atoms with van der Waals surface area (Å²) in [5.74, 6) is 1.72. The lowest BCUT2D eigenvalue weighted by Crippen LogP contribution is -2.38. The molecule has 110 valence electrons. The minimum atomic E-state index is -0.289. The van der Waals surface area contributed by atoms with Crippen molar-refractivity contribution in [2.75, 3.05) is 0 Å². The zero-order valence-corrected chi connectivity index (χ0v) is 13.3. The molecule has 1 saturated heterocycles. The van der Waals surface area contributed by atoms with Crippen molar-refractivity contribution < 1.29 is 9.53 Å². The van der Waals surface area contributed by atoms with E-state index in [9.17, 15) is 4.79 Å². The minimum absolute atomic E-state index is 0.0886. The Balaban J connectivity index is 2.01. The van der Waals surface area contributed by atoms with Crippen LogP contribution in [0, 0.1) is 17.8 Å². The quantitative estimate of drug-likeness (QED) is 0.758. The van der Waals surface area contributed by atoms with Gasteiger partial charge in [-0.3, -0.25) is 4.79 Å². The van der Waals surface area contributed by atoms with Crippen molar-refractivity contribution in [2.24, 2.45) is 17.8 Å². The Kier molecular flexibility index (Phi) is 4.11. The topological polar surface area (TPSA) is 26.3 Å². The third kappa shape index (κ3) is 3.21. The molecule has 0 aromatic heterocycles. The van der Waals surface area contributed by atoms with E-state index in [1.807, 2.05) is 0 Å². The number of hydrogen-bond acceptors (Lipinski definition) is 2. The number of carbonyl (C=O) groups is 1. The van der Waals surface area contributed by atoms with Crippen LogP contribution in [0.5, 0.6) is 0 Å². The van der Waals surface area contributed by atoms with Gasteiger partial charge in [-0.1, -0.05) is 13.3 Å². The lowest BCUT2D eigenvalue weighted by atomic mass is 9.72. The van der Waals surface area contributed by atoms with Gasteiger partial charge >= 0.3 is 0 Å². The van der Waals surface area contributed by atoms with Gasteiger partial charge in [-0.05, 0) is 65.7 Å². The van der Waals surface area contributed by atoms with Crippen molar-refractivity contribution in [3.63, 3.8) is 0 Å². The summed E-state index contributed by atoms with van der Waals surface area (Å²) in [7, 11) is 0. The summed E-state index contributed by atoms with van der Waals surface area (Å²) < 4.78 is 6.08. The molecule has 1 unspecified atom stereocenters. The minimum Gasteiger partial charge on any atom is -0.369 e. The molecule has 0 spiro atoms. The maximum absolute atomic E-state index is 12.8. The van der Waals surface area contributed by atoms with Crippen molar-refractivity contribution in [2.45, 2.75) is 84.3 Å². The van der Waals surface area contributed by atoms with Gasteiger partial charge in [0.2, 0.25) is 0 Å². The fourth-order valence-electron chi connectivity index (χ4n) is 4.15. The standard InChI is InChI=1S/C17H30O2/c1-6-12-7-9-13(10-8-12)15(18)14-11-16(2,3)19-17(14,4)5/h12-14H,6-11H2,1-5H3. The maximum atomic E-state index is 12.8. The van der Waals surface area contributed by atoms with Gasteiger partial charge in [-0.15, -0.1) is 0 Å². The van der Waals surface area contributed by atoms with Crippen molar-refractivity contribution in [3.8, 4) is 0 Å². The Morgan fingerprint density at radius 2 is 1.68 bits per heavy atom. The number of rotatable bonds is 3. The summed E-state index contributed by atoms with van der Waals surface area (Å²) >= 11 is 0. The average Bonchev–Trinajstić information content (AvgIpc) is 2.56. The van der Waals surface area contributed by atoms with Gasteiger partial charge in [-0.2, -0.15) is 0 Å². The predicted molar refractivity (Wildman–Crippen MR) is 78.1 cm³/mol. The van der Waals surface area contributed by atoms with Gasteiger partial charge in [0.25, 0.3) is 0 Å². The summed E-state index contributed by atoms with van der Waals surface area (Å²) in [5.41, 5.74) is -0.438. The van der Waals surface area contributed by atoms with Crippen LogP contribution in [0.25, 0.3) is 0 Å². The van der Waals surface area contributed by atoms with E-state index in [0.29, 0.717) is 11.7 Å². The van der Waals surface area contributed by atoms with E-state index < -0.39 is 0 Å². The van der Waals surface area contributed by atoms with Crippen LogP contribution in [0.4, 0.5) is 0 Å². The SMILES string of the molecule is CCC1CCC(C(=O)C2CC(C)(C)OC2(C)C)CC1. The Morgan fingerprint density at radius 1 is 1.11 bits per heavy atom. The molecule has 0 aromatic carbocycles. The molecule has 2 aliphatic rings. The third-order valence-electron chi connectivity index (χ3n) is 5.24. The van der Waals surface area contributed by atoms with Crippen molar-refractivity contribution in [1.29, 1.82) is 0 Å². The van der Waals surface area contributed by atoms with Gasteiger partial charge in [0.05, 0.1) is 11.2 Å². The van der Waals surface area contributed by atoms with E-state index in [4.69, 9.17) is 4.74 Å². The molecular weight excluding hydrogens is 236 g/mol. The number of carbonyl (C=O) groups excluding carboxylic acids is 1. The maximum Gasteiger partial charge on any atom is 0.142 e. The van der Waals surface area contributed by atoms with Crippen LogP contribution in [0.15, 0.2) is 0 Å². The lowest BCUT2D eigenvalue weighted by molar-refractivity contribution is -0.134. The summed E-state index contributed by atoms with van der Waals surface area (Å²) in [4.78, 5) is 12.8. The largest absolute Gasteiger partial charge is 0.369 e. The first kappa shape index (κ1) is 15.0. The van der Waals surface area contributed by atoms with E-state index in [1.54, 1.807) is 0 Å². The zero-order valence-electron chi connectivity index (χ0n) is 13.3. The molecule has 1 atom stereocenters. The first-order chi connectivity index (χ1) is 8.75. The second-order valence-electron chi connectivity index (χ2n) is 7.75. The van der Waals surface area contributed by atoms with Crippen LogP contribution in [-0.4, -0.2) is 17.0 Å². The monoisotopic (exact) mass is 266 g/mol. The highest BCUT2D eigenvalue weighted by molar-refractivity contribution is 5.85. The average molecular weight is 266 g/mol. The summed E-state index contributed by atoms with van der Waals surface area (Å²) in [6, 6.07) is 0. The fourth-order valence-corrected chi connectivity index (χ4v) is 4.15. The molecule has 0 radical (unpaired) electrons. The molecule has 0 bridgehead atoms. The Morgan fingerprint density at radius 3 is 2.11 bits per heavy atom. The Bertz CT molecular complexity index is 335. The third-order valence-corrected chi connectivity index (χ3v) is 5.24. The molecule has 1 aliphatic heterocycles. The van der Waals surface area contributed by atoms with Gasteiger partial charge in [0.15, 0.2) is 0 Å². The highest BCUT2D eigenvalue weighted by Gasteiger charge is 2.50. The number of Topliss-reactive ketones (excluding diaryl/α,β-unsaturated/α-hetero) is 1. The van der Waals surface area contributed by atoms with Crippen LogP contribution >= 0.6 is 0 Å². The van der Waals surface area contributed by atoms with E-state index >= 15 is 0 Å². The summed E-state index contributed by atoms with van der Waals surface area (Å²) in [6.07, 6.45) is 6.84. The van der Waals surface area contributed by atoms with E-state index in [1.165, 1.54) is 19.3 Å². The van der Waals surface area contributed by atoms with Crippen LogP contribution in [0.3, 0.4) is 0 Å². The van der Waals surface area contributed by atoms with E-state index in [0.717, 1.165) is 25.2 Å². The molecule has 0 N–H and O–H groups in total. The van der Waals surface area contributed by atoms with Gasteiger partial charge in [0, 0.05) is 11.8 Å². The smallest absolute Gasteiger partial charge is 0.142 e. The summed E-state index contributed by atoms with van der Waals surface area (Å²) in [5, 5.41) is 0. The molecule has 0 amide bonds. The van der Waals surface area contributed by atoms with Crippen LogP contribution in [0.1, 0.15) is 73.1 Å². The molecule has 0 aromatic rings. The van der Waals surface area contributed by atoms with Crippen molar-refractivity contribution in [1.82, 2.24) is 0 Å². The fraction of sp³-hybridized carbons (Fsp3) is 0.941. The second-order valence-corrected chi connectivity index (χ2v) is 7.75. The lowest BCUT2D eigenvalue weighted by Gasteiger charge is -2.32. The van der Waals surface area contributed by atoms with Crippen LogP contribution < -0.4 is 0 Å². The van der Waals surface area contributed by atoms with Gasteiger partial charge in [0.1, 0.15) is 5.78 Å². The molecule has 2 nitrogen and oxygen atoms in total. The molecule has 2 heteroatoms. The molecule has 1 aliphatic carbocycles. The number of hydrogen-bond donors (Lipinski definition) is 0. The zero-order chi connectivity index (χ0) is 14.3. The highest BCUT2D eigenvalue weighted by Crippen LogP contribution is 2.45. The van der Waals surface area contributed by atoms with Gasteiger partial charge in [-0.25, -0.2) is 0 Å². The van der Waals surface area contributed by atoms with Gasteiger partial charge < -0.3 is 4.74 Å². The van der Waals surface area contributed by atoms with Crippen molar-refractivity contribution in [3.05, 3.63) is 0 Å². The Hall–Kier alpha value is -0.370. The summed E-state index contributed by atoms with van der Waals surface area (Å²) in [6.45, 7) is 10.7. The molecule has 2 fully saturated rings. The second kappa shape index (κ2) is 5.20. The van der Waals surface area contributed by atoms with Crippen LogP contribution in [-0.2, 0) is 9.53 Å². The van der Waals surface area contributed by atoms with E-state index in [2.05, 4.69) is 34.6 Å². The van der Waals surface area contributed by atoms with E-state index in [-0.39, 0.29) is 17.1 Å².